The Hall–Kier alpha value is -1.54. The Morgan fingerprint density at radius 2 is 2.17 bits per heavy atom. The molecule has 130 valence electrons. The van der Waals surface area contributed by atoms with Crippen LogP contribution in [-0.4, -0.2) is 50.2 Å². The fourth-order valence-corrected chi connectivity index (χ4v) is 2.88. The molecule has 0 aliphatic rings. The summed E-state index contributed by atoms with van der Waals surface area (Å²) >= 11 is 1.79. The summed E-state index contributed by atoms with van der Waals surface area (Å²) in [6.07, 6.45) is 3.91. The first-order chi connectivity index (χ1) is 10.8. The van der Waals surface area contributed by atoms with E-state index in [0.717, 1.165) is 17.9 Å². The summed E-state index contributed by atoms with van der Waals surface area (Å²) in [6, 6.07) is -1.18. The number of hydrogen-bond donors (Lipinski definition) is 3. The topological polar surface area (TPSA) is 110 Å². The number of nitrogens with one attached hydrogen (secondary N) is 1. The van der Waals surface area contributed by atoms with Gasteiger partial charge in [0.15, 0.2) is 0 Å². The Bertz CT molecular complexity index is 519. The number of carboxylic acid groups (broad SMARTS) is 1. The van der Waals surface area contributed by atoms with E-state index in [1.807, 2.05) is 0 Å². The third-order valence-electron chi connectivity index (χ3n) is 3.22. The number of carbonyl (C=O) groups is 2. The van der Waals surface area contributed by atoms with E-state index in [-0.39, 0.29) is 18.5 Å². The van der Waals surface area contributed by atoms with Gasteiger partial charge in [-0.15, -0.1) is 0 Å². The smallest absolute Gasteiger partial charge is 0.327 e. The van der Waals surface area contributed by atoms with Crippen LogP contribution < -0.4 is 11.1 Å². The molecule has 23 heavy (non-hydrogen) atoms. The van der Waals surface area contributed by atoms with Gasteiger partial charge in [-0.25, -0.2) is 9.78 Å². The van der Waals surface area contributed by atoms with Crippen molar-refractivity contribution in [1.29, 1.82) is 0 Å². The van der Waals surface area contributed by atoms with Crippen LogP contribution in [0.15, 0.2) is 12.5 Å². The fraction of sp³-hybridized carbons (Fsp3) is 0.667. The van der Waals surface area contributed by atoms with Crippen molar-refractivity contribution >= 4 is 23.8 Å². The second kappa shape index (κ2) is 9.57. The van der Waals surface area contributed by atoms with Gasteiger partial charge in [-0.1, -0.05) is 20.8 Å². The predicted octanol–water partition coefficient (Wildman–Crippen LogP) is 1.56. The molecule has 0 bridgehead atoms. The lowest BCUT2D eigenvalue weighted by Gasteiger charge is -2.20. The second-order valence-electron chi connectivity index (χ2n) is 5.86. The van der Waals surface area contributed by atoms with E-state index in [9.17, 15) is 9.59 Å². The summed E-state index contributed by atoms with van der Waals surface area (Å²) in [6.45, 7) is 6.34. The van der Waals surface area contributed by atoms with Gasteiger partial charge in [0.1, 0.15) is 12.4 Å². The maximum atomic E-state index is 12.3. The van der Waals surface area contributed by atoms with Crippen molar-refractivity contribution in [3.8, 4) is 0 Å². The van der Waals surface area contributed by atoms with E-state index >= 15 is 0 Å². The van der Waals surface area contributed by atoms with Crippen LogP contribution in [0.4, 0.5) is 4.79 Å². The van der Waals surface area contributed by atoms with Gasteiger partial charge in [0.25, 0.3) is 0 Å². The molecule has 0 aliphatic heterocycles. The van der Waals surface area contributed by atoms with E-state index in [2.05, 4.69) is 31.1 Å². The number of aromatic nitrogens is 2. The molecule has 2 atom stereocenters. The van der Waals surface area contributed by atoms with E-state index in [1.54, 1.807) is 11.8 Å². The van der Waals surface area contributed by atoms with Gasteiger partial charge in [0.05, 0.1) is 5.69 Å². The van der Waals surface area contributed by atoms with Crippen LogP contribution in [0.5, 0.6) is 0 Å². The third-order valence-corrected chi connectivity index (χ3v) is 4.27. The molecule has 1 rings (SSSR count). The average molecular weight is 342 g/mol. The number of carboxylic acids is 1. The number of aliphatic carboxylic acids is 1. The summed E-state index contributed by atoms with van der Waals surface area (Å²) in [7, 11) is 0. The monoisotopic (exact) mass is 342 g/mol. The molecule has 4 N–H and O–H groups in total. The minimum atomic E-state index is -1.09. The Morgan fingerprint density at radius 3 is 2.74 bits per heavy atom. The largest absolute Gasteiger partial charge is 0.480 e. The van der Waals surface area contributed by atoms with Crippen molar-refractivity contribution < 1.29 is 14.7 Å². The predicted molar refractivity (Wildman–Crippen MR) is 91.7 cm³/mol. The standard InChI is InChI=1S/C15H26N4O3S/c1-4-23-8-12(5-10(2)3)18-15(22)19-7-11(17-9-19)6-13(16)14(20)21/h7,9-10,12-13H,4-6,8,16H2,1-3H3,(H,18,22)(H,20,21)/t12?,13-/m0/s1. The quantitative estimate of drug-likeness (QED) is 0.628. The molecular weight excluding hydrogens is 316 g/mol. The van der Waals surface area contributed by atoms with Crippen LogP contribution in [0.1, 0.15) is 32.9 Å². The zero-order chi connectivity index (χ0) is 17.4. The second-order valence-corrected chi connectivity index (χ2v) is 7.18. The molecule has 0 aromatic carbocycles. The normalized spacial score (nSPS) is 13.8. The van der Waals surface area contributed by atoms with Crippen LogP contribution >= 0.6 is 11.8 Å². The van der Waals surface area contributed by atoms with Crippen molar-refractivity contribution in [1.82, 2.24) is 14.9 Å². The molecule has 1 heterocycles. The number of rotatable bonds is 9. The van der Waals surface area contributed by atoms with Crippen LogP contribution in [0.3, 0.4) is 0 Å². The molecule has 1 unspecified atom stereocenters. The highest BCUT2D eigenvalue weighted by molar-refractivity contribution is 7.99. The first kappa shape index (κ1) is 19.5. The summed E-state index contributed by atoms with van der Waals surface area (Å²) in [5, 5.41) is 11.8. The Kier molecular flexibility index (Phi) is 8.11. The van der Waals surface area contributed by atoms with Gasteiger partial charge >= 0.3 is 12.0 Å². The van der Waals surface area contributed by atoms with E-state index in [4.69, 9.17) is 10.8 Å². The van der Waals surface area contributed by atoms with Crippen LogP contribution in [0.2, 0.25) is 0 Å². The van der Waals surface area contributed by atoms with Gasteiger partial charge < -0.3 is 16.2 Å². The van der Waals surface area contributed by atoms with Crippen molar-refractivity contribution in [3.05, 3.63) is 18.2 Å². The van der Waals surface area contributed by atoms with Crippen molar-refractivity contribution in [2.45, 2.75) is 45.7 Å². The maximum Gasteiger partial charge on any atom is 0.327 e. The summed E-state index contributed by atoms with van der Waals surface area (Å²) in [5.74, 6) is 1.28. The highest BCUT2D eigenvalue weighted by Gasteiger charge is 2.17. The zero-order valence-corrected chi connectivity index (χ0v) is 14.7. The molecule has 8 heteroatoms. The molecular formula is C15H26N4O3S. The number of imidazole rings is 1. The van der Waals surface area contributed by atoms with Gasteiger partial charge in [-0.2, -0.15) is 11.8 Å². The molecule has 0 saturated carbocycles. The SMILES string of the molecule is CCSCC(CC(C)C)NC(=O)n1cnc(C[C@H](N)C(=O)O)c1. The Labute approximate surface area is 141 Å². The van der Waals surface area contributed by atoms with Crippen molar-refractivity contribution in [2.75, 3.05) is 11.5 Å². The van der Waals surface area contributed by atoms with Crippen LogP contribution in [0.25, 0.3) is 0 Å². The molecule has 1 amide bonds. The number of thioether (sulfide) groups is 1. The van der Waals surface area contributed by atoms with Crippen LogP contribution in [-0.2, 0) is 11.2 Å². The minimum Gasteiger partial charge on any atom is -0.480 e. The maximum absolute atomic E-state index is 12.3. The summed E-state index contributed by atoms with van der Waals surface area (Å²) < 4.78 is 1.34. The molecule has 1 aromatic heterocycles. The first-order valence-corrected chi connectivity index (χ1v) is 8.88. The lowest BCUT2D eigenvalue weighted by molar-refractivity contribution is -0.138. The van der Waals surface area contributed by atoms with Gasteiger partial charge in [0.2, 0.25) is 0 Å². The number of nitrogens with zero attached hydrogens (tertiary/aromatic N) is 2. The van der Waals surface area contributed by atoms with Crippen molar-refractivity contribution in [3.63, 3.8) is 0 Å². The van der Waals surface area contributed by atoms with Crippen LogP contribution in [0, 0.1) is 5.92 Å². The molecule has 7 nitrogen and oxygen atoms in total. The number of carbonyl (C=O) groups excluding carboxylic acids is 1. The highest BCUT2D eigenvalue weighted by Crippen LogP contribution is 2.11. The summed E-state index contributed by atoms with van der Waals surface area (Å²) in [5.41, 5.74) is 5.96. The number of hydrogen-bond acceptors (Lipinski definition) is 5. The minimum absolute atomic E-state index is 0.0940. The molecule has 1 aromatic rings. The molecule has 0 fully saturated rings. The number of nitrogens with two attached hydrogens (primary N) is 1. The van der Waals surface area contributed by atoms with Crippen molar-refractivity contribution in [2.24, 2.45) is 11.7 Å². The first-order valence-electron chi connectivity index (χ1n) is 7.73. The van der Waals surface area contributed by atoms with Gasteiger partial charge in [0, 0.05) is 24.4 Å². The summed E-state index contributed by atoms with van der Waals surface area (Å²) in [4.78, 5) is 27.1. The fourth-order valence-electron chi connectivity index (χ4n) is 2.14. The molecule has 0 radical (unpaired) electrons. The molecule has 0 saturated heterocycles. The van der Waals surface area contributed by atoms with E-state index < -0.39 is 12.0 Å². The average Bonchev–Trinajstić information content (AvgIpc) is 2.92. The molecule has 0 spiro atoms. The lowest BCUT2D eigenvalue weighted by Crippen LogP contribution is -2.39. The Balaban J connectivity index is 2.64. The van der Waals surface area contributed by atoms with Gasteiger partial charge in [-0.05, 0) is 18.1 Å². The van der Waals surface area contributed by atoms with E-state index in [0.29, 0.717) is 11.6 Å². The lowest BCUT2D eigenvalue weighted by atomic mass is 10.1. The number of amides is 1. The third kappa shape index (κ3) is 7.04. The Morgan fingerprint density at radius 1 is 1.48 bits per heavy atom. The highest BCUT2D eigenvalue weighted by atomic mass is 32.2. The zero-order valence-electron chi connectivity index (χ0n) is 13.9. The molecule has 0 aliphatic carbocycles. The van der Waals surface area contributed by atoms with Gasteiger partial charge in [-0.3, -0.25) is 9.36 Å². The van der Waals surface area contributed by atoms with E-state index in [1.165, 1.54) is 17.1 Å².